The van der Waals surface area contributed by atoms with Crippen molar-refractivity contribution in [3.63, 3.8) is 0 Å². The first kappa shape index (κ1) is 10.6. The highest BCUT2D eigenvalue weighted by Gasteiger charge is 2.22. The molecule has 0 saturated heterocycles. The Bertz CT molecular complexity index is 557. The van der Waals surface area contributed by atoms with E-state index in [1.165, 1.54) is 22.0 Å². The Morgan fingerprint density at radius 2 is 2.00 bits per heavy atom. The quantitative estimate of drug-likeness (QED) is 0.791. The lowest BCUT2D eigenvalue weighted by Crippen LogP contribution is -2.11. The van der Waals surface area contributed by atoms with Crippen molar-refractivity contribution in [2.24, 2.45) is 0 Å². The van der Waals surface area contributed by atoms with Gasteiger partial charge in [-0.15, -0.1) is 0 Å². The summed E-state index contributed by atoms with van der Waals surface area (Å²) in [5, 5.41) is 1.33. The summed E-state index contributed by atoms with van der Waals surface area (Å²) in [6.07, 6.45) is 5.66. The molecule has 0 bridgehead atoms. The van der Waals surface area contributed by atoms with E-state index >= 15 is 0 Å². The van der Waals surface area contributed by atoms with Crippen molar-refractivity contribution in [3.05, 3.63) is 35.5 Å². The number of hydrogen-bond donors (Lipinski definition) is 1. The molecule has 1 N–H and O–H groups in total. The normalized spacial score (nSPS) is 17.8. The number of carbonyl (C=O) groups is 1. The number of hydrogen-bond acceptors (Lipinski definition) is 1. The predicted molar refractivity (Wildman–Crippen MR) is 69.3 cm³/mol. The average molecular weight is 227 g/mol. The summed E-state index contributed by atoms with van der Waals surface area (Å²) in [7, 11) is 0. The maximum Gasteiger partial charge on any atom is 0.132 e. The number of ketones is 1. The highest BCUT2D eigenvalue weighted by Crippen LogP contribution is 2.35. The number of H-pyrrole nitrogens is 1. The van der Waals surface area contributed by atoms with Crippen LogP contribution in [0.15, 0.2) is 24.4 Å². The van der Waals surface area contributed by atoms with Crippen LogP contribution in [-0.2, 0) is 4.79 Å². The maximum atomic E-state index is 11.3. The zero-order valence-electron chi connectivity index (χ0n) is 10.1. The third-order valence-electron chi connectivity index (χ3n) is 3.85. The number of carbonyl (C=O) groups excluding carboxylic acids is 1. The summed E-state index contributed by atoms with van der Waals surface area (Å²) in [6.45, 7) is 2.11. The summed E-state index contributed by atoms with van der Waals surface area (Å²) in [5.74, 6) is 0.987. The van der Waals surface area contributed by atoms with Gasteiger partial charge in [0.1, 0.15) is 5.78 Å². The average Bonchev–Trinajstić information content (AvgIpc) is 2.73. The molecule has 1 aromatic carbocycles. The fourth-order valence-corrected chi connectivity index (χ4v) is 2.85. The van der Waals surface area contributed by atoms with Gasteiger partial charge in [-0.05, 0) is 42.9 Å². The Kier molecular flexibility index (Phi) is 2.50. The van der Waals surface area contributed by atoms with Gasteiger partial charge in [-0.1, -0.05) is 12.1 Å². The minimum atomic E-state index is 0.428. The molecule has 0 radical (unpaired) electrons. The first-order chi connectivity index (χ1) is 8.24. The highest BCUT2D eigenvalue weighted by atomic mass is 16.1. The van der Waals surface area contributed by atoms with Crippen LogP contribution >= 0.6 is 0 Å². The van der Waals surface area contributed by atoms with Crippen LogP contribution in [0.25, 0.3) is 10.9 Å². The van der Waals surface area contributed by atoms with Crippen molar-refractivity contribution < 1.29 is 4.79 Å². The molecule has 0 spiro atoms. The number of aromatic amines is 1. The SMILES string of the molecule is Cc1ccc2c(C3CCC(=O)CC3)c[nH]c2c1. The van der Waals surface area contributed by atoms with E-state index in [0.717, 1.165) is 25.7 Å². The van der Waals surface area contributed by atoms with E-state index in [4.69, 9.17) is 0 Å². The Morgan fingerprint density at radius 1 is 1.24 bits per heavy atom. The lowest BCUT2D eigenvalue weighted by atomic mass is 9.83. The molecule has 3 rings (SSSR count). The van der Waals surface area contributed by atoms with Crippen LogP contribution in [0, 0.1) is 6.92 Å². The Hall–Kier alpha value is -1.57. The fourth-order valence-electron chi connectivity index (χ4n) is 2.85. The maximum absolute atomic E-state index is 11.3. The molecule has 17 heavy (non-hydrogen) atoms. The minimum Gasteiger partial charge on any atom is -0.361 e. The number of nitrogens with one attached hydrogen (secondary N) is 1. The topological polar surface area (TPSA) is 32.9 Å². The monoisotopic (exact) mass is 227 g/mol. The van der Waals surface area contributed by atoms with Crippen LogP contribution in [0.2, 0.25) is 0 Å². The van der Waals surface area contributed by atoms with Crippen molar-refractivity contribution in [1.29, 1.82) is 0 Å². The van der Waals surface area contributed by atoms with Crippen LogP contribution in [0.4, 0.5) is 0 Å². The number of benzene rings is 1. The summed E-state index contributed by atoms with van der Waals surface area (Å²) in [6, 6.07) is 6.55. The van der Waals surface area contributed by atoms with Gasteiger partial charge in [0.05, 0.1) is 0 Å². The van der Waals surface area contributed by atoms with Gasteiger partial charge < -0.3 is 4.98 Å². The van der Waals surface area contributed by atoms with Gasteiger partial charge in [-0.3, -0.25) is 4.79 Å². The lowest BCUT2D eigenvalue weighted by Gasteiger charge is -2.20. The molecular formula is C15H17NO. The fraction of sp³-hybridized carbons (Fsp3) is 0.400. The molecule has 1 aliphatic carbocycles. The van der Waals surface area contributed by atoms with Gasteiger partial charge in [-0.25, -0.2) is 0 Å². The van der Waals surface area contributed by atoms with E-state index in [-0.39, 0.29) is 0 Å². The van der Waals surface area contributed by atoms with E-state index in [0.29, 0.717) is 11.7 Å². The molecule has 1 fully saturated rings. The summed E-state index contributed by atoms with van der Waals surface area (Å²) < 4.78 is 0. The Balaban J connectivity index is 1.97. The molecule has 2 aromatic rings. The smallest absolute Gasteiger partial charge is 0.132 e. The van der Waals surface area contributed by atoms with Crippen LogP contribution < -0.4 is 0 Å². The first-order valence-electron chi connectivity index (χ1n) is 6.33. The summed E-state index contributed by atoms with van der Waals surface area (Å²) >= 11 is 0. The van der Waals surface area contributed by atoms with E-state index in [9.17, 15) is 4.79 Å². The van der Waals surface area contributed by atoms with Crippen molar-refractivity contribution in [2.45, 2.75) is 38.5 Å². The number of aryl methyl sites for hydroxylation is 1. The van der Waals surface area contributed by atoms with Crippen molar-refractivity contribution in [1.82, 2.24) is 4.98 Å². The van der Waals surface area contributed by atoms with Gasteiger partial charge in [0.15, 0.2) is 0 Å². The van der Waals surface area contributed by atoms with E-state index in [1.54, 1.807) is 0 Å². The molecule has 2 nitrogen and oxygen atoms in total. The molecule has 0 aliphatic heterocycles. The lowest BCUT2D eigenvalue weighted by molar-refractivity contribution is -0.120. The van der Waals surface area contributed by atoms with E-state index in [1.807, 2.05) is 0 Å². The van der Waals surface area contributed by atoms with Crippen LogP contribution in [0.5, 0.6) is 0 Å². The standard InChI is InChI=1S/C15H17NO/c1-10-2-7-13-14(9-16-15(13)8-10)11-3-5-12(17)6-4-11/h2,7-9,11,16H,3-6H2,1H3. The zero-order chi connectivity index (χ0) is 11.8. The minimum absolute atomic E-state index is 0.428. The van der Waals surface area contributed by atoms with Crippen LogP contribution in [-0.4, -0.2) is 10.8 Å². The van der Waals surface area contributed by atoms with E-state index in [2.05, 4.69) is 36.3 Å². The van der Waals surface area contributed by atoms with Gasteiger partial charge in [0.2, 0.25) is 0 Å². The third kappa shape index (κ3) is 1.88. The van der Waals surface area contributed by atoms with Crippen LogP contribution in [0.1, 0.15) is 42.7 Å². The molecule has 1 aromatic heterocycles. The second kappa shape index (κ2) is 4.02. The molecule has 1 aliphatic rings. The molecule has 0 amide bonds. The Labute approximate surface area is 101 Å². The number of rotatable bonds is 1. The van der Waals surface area contributed by atoms with Gasteiger partial charge in [0.25, 0.3) is 0 Å². The van der Waals surface area contributed by atoms with Gasteiger partial charge in [0, 0.05) is 29.9 Å². The molecule has 1 heterocycles. The molecule has 1 saturated carbocycles. The van der Waals surface area contributed by atoms with Gasteiger partial charge >= 0.3 is 0 Å². The second-order valence-electron chi connectivity index (χ2n) is 5.11. The van der Waals surface area contributed by atoms with Crippen molar-refractivity contribution in [2.75, 3.05) is 0 Å². The first-order valence-corrected chi connectivity index (χ1v) is 6.33. The van der Waals surface area contributed by atoms with E-state index < -0.39 is 0 Å². The number of Topliss-reactive ketones (excluding diaryl/α,β-unsaturated/α-hetero) is 1. The molecular weight excluding hydrogens is 210 g/mol. The van der Waals surface area contributed by atoms with Crippen LogP contribution in [0.3, 0.4) is 0 Å². The van der Waals surface area contributed by atoms with Crippen molar-refractivity contribution >= 4 is 16.7 Å². The number of fused-ring (bicyclic) bond motifs is 1. The zero-order valence-corrected chi connectivity index (χ0v) is 10.1. The Morgan fingerprint density at radius 3 is 2.76 bits per heavy atom. The molecule has 0 atom stereocenters. The highest BCUT2D eigenvalue weighted by molar-refractivity contribution is 5.85. The molecule has 0 unspecified atom stereocenters. The summed E-state index contributed by atoms with van der Waals surface area (Å²) in [5.41, 5.74) is 3.90. The predicted octanol–water partition coefficient (Wildman–Crippen LogP) is 3.70. The van der Waals surface area contributed by atoms with Crippen molar-refractivity contribution in [3.8, 4) is 0 Å². The number of aromatic nitrogens is 1. The summed E-state index contributed by atoms with van der Waals surface area (Å²) in [4.78, 5) is 14.6. The molecule has 88 valence electrons. The molecule has 2 heteroatoms. The third-order valence-corrected chi connectivity index (χ3v) is 3.85. The largest absolute Gasteiger partial charge is 0.361 e. The second-order valence-corrected chi connectivity index (χ2v) is 5.11. The van der Waals surface area contributed by atoms with Gasteiger partial charge in [-0.2, -0.15) is 0 Å².